The van der Waals surface area contributed by atoms with Crippen LogP contribution in [0.4, 0.5) is 5.69 Å². The van der Waals surface area contributed by atoms with Crippen LogP contribution in [-0.2, 0) is 4.79 Å². The number of methoxy groups -OCH3 is 2. The predicted molar refractivity (Wildman–Crippen MR) is 91.3 cm³/mol. The third kappa shape index (κ3) is 5.11. The van der Waals surface area contributed by atoms with Crippen LogP contribution in [0.25, 0.3) is 0 Å². The van der Waals surface area contributed by atoms with E-state index in [1.165, 1.54) is 0 Å². The molecule has 0 bridgehead atoms. The lowest BCUT2D eigenvalue weighted by Gasteiger charge is -2.28. The van der Waals surface area contributed by atoms with Gasteiger partial charge in [0.1, 0.15) is 11.5 Å². The molecule has 0 aromatic heterocycles. The van der Waals surface area contributed by atoms with Crippen molar-refractivity contribution in [2.24, 2.45) is 5.41 Å². The van der Waals surface area contributed by atoms with E-state index in [4.69, 9.17) is 9.47 Å². The topological polar surface area (TPSA) is 62.8 Å². The number of carbonyl (C=O) groups excluding carboxylic acids is 1. The molecule has 1 heterocycles. The number of hydrogen-bond acceptors (Lipinski definition) is 5. The Balaban J connectivity index is 1.91. The average Bonchev–Trinajstić information content (AvgIpc) is 2.92. The van der Waals surface area contributed by atoms with Gasteiger partial charge in [-0.3, -0.25) is 9.69 Å². The standard InChI is InChI=1S/C17H27N3O3/c1-17(5-6-18-11-17)12-20(2)10-16(21)19-13-7-14(22-3)9-15(8-13)23-4/h7-9,18H,5-6,10-12H2,1-4H3,(H,19,21). The van der Waals surface area contributed by atoms with Gasteiger partial charge >= 0.3 is 0 Å². The van der Waals surface area contributed by atoms with Crippen molar-refractivity contribution in [3.05, 3.63) is 18.2 Å². The maximum atomic E-state index is 12.3. The van der Waals surface area contributed by atoms with Crippen LogP contribution < -0.4 is 20.1 Å². The number of carbonyl (C=O) groups is 1. The van der Waals surface area contributed by atoms with Gasteiger partial charge in [0.2, 0.25) is 5.91 Å². The molecule has 0 radical (unpaired) electrons. The van der Waals surface area contributed by atoms with Crippen molar-refractivity contribution in [2.75, 3.05) is 52.8 Å². The summed E-state index contributed by atoms with van der Waals surface area (Å²) in [5, 5.41) is 6.29. The predicted octanol–water partition coefficient (Wildman–Crippen LogP) is 1.57. The molecule has 128 valence electrons. The van der Waals surface area contributed by atoms with Crippen molar-refractivity contribution in [3.8, 4) is 11.5 Å². The van der Waals surface area contributed by atoms with Gasteiger partial charge in [-0.25, -0.2) is 0 Å². The van der Waals surface area contributed by atoms with Crippen LogP contribution >= 0.6 is 0 Å². The normalized spacial score (nSPS) is 20.6. The summed E-state index contributed by atoms with van der Waals surface area (Å²) in [6, 6.07) is 5.33. The minimum Gasteiger partial charge on any atom is -0.497 e. The molecule has 1 aliphatic rings. The Morgan fingerprint density at radius 3 is 2.48 bits per heavy atom. The summed E-state index contributed by atoms with van der Waals surface area (Å²) in [5.41, 5.74) is 0.919. The minimum absolute atomic E-state index is 0.0441. The number of anilines is 1. The number of nitrogens with zero attached hydrogens (tertiary/aromatic N) is 1. The van der Waals surface area contributed by atoms with E-state index in [9.17, 15) is 4.79 Å². The first-order chi connectivity index (χ1) is 10.9. The minimum atomic E-state index is -0.0441. The lowest BCUT2D eigenvalue weighted by Crippen LogP contribution is -2.39. The summed E-state index contributed by atoms with van der Waals surface area (Å²) < 4.78 is 10.4. The third-order valence-corrected chi connectivity index (χ3v) is 4.16. The molecule has 23 heavy (non-hydrogen) atoms. The highest BCUT2D eigenvalue weighted by atomic mass is 16.5. The summed E-state index contributed by atoms with van der Waals surface area (Å²) in [6.07, 6.45) is 1.14. The van der Waals surface area contributed by atoms with Gasteiger partial charge in [0.15, 0.2) is 0 Å². The van der Waals surface area contributed by atoms with Crippen molar-refractivity contribution in [1.82, 2.24) is 10.2 Å². The molecule has 1 aliphatic heterocycles. The molecule has 1 aromatic rings. The van der Waals surface area contributed by atoms with Crippen molar-refractivity contribution < 1.29 is 14.3 Å². The van der Waals surface area contributed by atoms with Gasteiger partial charge in [-0.2, -0.15) is 0 Å². The molecule has 6 heteroatoms. The molecule has 2 rings (SSSR count). The number of rotatable bonds is 7. The van der Waals surface area contributed by atoms with E-state index < -0.39 is 0 Å². The summed E-state index contributed by atoms with van der Waals surface area (Å²) in [4.78, 5) is 14.3. The SMILES string of the molecule is COc1cc(NC(=O)CN(C)CC2(C)CCNC2)cc(OC)c1. The Labute approximate surface area is 138 Å². The number of ether oxygens (including phenoxy) is 2. The smallest absolute Gasteiger partial charge is 0.238 e. The van der Waals surface area contributed by atoms with Gasteiger partial charge in [-0.15, -0.1) is 0 Å². The molecule has 1 amide bonds. The van der Waals surface area contributed by atoms with Gasteiger partial charge < -0.3 is 20.1 Å². The van der Waals surface area contributed by atoms with E-state index in [0.29, 0.717) is 23.7 Å². The number of benzene rings is 1. The fourth-order valence-corrected chi connectivity index (χ4v) is 3.04. The lowest BCUT2D eigenvalue weighted by molar-refractivity contribution is -0.117. The van der Waals surface area contributed by atoms with Crippen molar-refractivity contribution in [2.45, 2.75) is 13.3 Å². The molecule has 1 aromatic carbocycles. The molecule has 6 nitrogen and oxygen atoms in total. The highest BCUT2D eigenvalue weighted by molar-refractivity contribution is 5.92. The average molecular weight is 321 g/mol. The van der Waals surface area contributed by atoms with Crippen molar-refractivity contribution in [1.29, 1.82) is 0 Å². The first-order valence-electron chi connectivity index (χ1n) is 7.86. The molecule has 1 unspecified atom stereocenters. The molecular formula is C17H27N3O3. The van der Waals surface area contributed by atoms with Gasteiger partial charge in [-0.05, 0) is 25.4 Å². The molecule has 2 N–H and O–H groups in total. The Hall–Kier alpha value is -1.79. The van der Waals surface area contributed by atoms with Crippen molar-refractivity contribution >= 4 is 11.6 Å². The van der Waals surface area contributed by atoms with Crippen LogP contribution in [0.2, 0.25) is 0 Å². The van der Waals surface area contributed by atoms with Crippen LogP contribution in [0.5, 0.6) is 11.5 Å². The zero-order chi connectivity index (χ0) is 16.9. The van der Waals surface area contributed by atoms with Crippen LogP contribution in [0.15, 0.2) is 18.2 Å². The molecule has 1 saturated heterocycles. The fourth-order valence-electron chi connectivity index (χ4n) is 3.04. The van der Waals surface area contributed by atoms with Crippen molar-refractivity contribution in [3.63, 3.8) is 0 Å². The second-order valence-electron chi connectivity index (χ2n) is 6.56. The number of amides is 1. The molecular weight excluding hydrogens is 294 g/mol. The summed E-state index contributed by atoms with van der Waals surface area (Å²) >= 11 is 0. The summed E-state index contributed by atoms with van der Waals surface area (Å²) in [6.45, 7) is 5.57. The zero-order valence-electron chi connectivity index (χ0n) is 14.4. The fraction of sp³-hybridized carbons (Fsp3) is 0.588. The number of hydrogen-bond donors (Lipinski definition) is 2. The Bertz CT molecular complexity index is 520. The van der Waals surface area contributed by atoms with E-state index in [1.807, 2.05) is 7.05 Å². The maximum Gasteiger partial charge on any atom is 0.238 e. The van der Waals surface area contributed by atoms with Crippen LogP contribution in [0.1, 0.15) is 13.3 Å². The molecule has 1 atom stereocenters. The van der Waals surface area contributed by atoms with E-state index >= 15 is 0 Å². The second kappa shape index (κ2) is 7.66. The van der Waals surface area contributed by atoms with Gasteiger partial charge in [0.25, 0.3) is 0 Å². The van der Waals surface area contributed by atoms with E-state index in [-0.39, 0.29) is 11.3 Å². The summed E-state index contributed by atoms with van der Waals surface area (Å²) in [5.74, 6) is 1.26. The largest absolute Gasteiger partial charge is 0.497 e. The zero-order valence-corrected chi connectivity index (χ0v) is 14.4. The maximum absolute atomic E-state index is 12.3. The first kappa shape index (κ1) is 17.6. The number of likely N-dealkylation sites (N-methyl/N-ethyl adjacent to an activating group) is 1. The monoisotopic (exact) mass is 321 g/mol. The summed E-state index contributed by atoms with van der Waals surface area (Å²) in [7, 11) is 5.16. The molecule has 0 aliphatic carbocycles. The van der Waals surface area contributed by atoms with Crippen LogP contribution in [-0.4, -0.2) is 58.3 Å². The Kier molecular flexibility index (Phi) is 5.85. The Morgan fingerprint density at radius 2 is 1.96 bits per heavy atom. The third-order valence-electron chi connectivity index (χ3n) is 4.16. The van der Waals surface area contributed by atoms with Gasteiger partial charge in [0.05, 0.1) is 20.8 Å². The molecule has 0 saturated carbocycles. The highest BCUT2D eigenvalue weighted by Gasteiger charge is 2.30. The van der Waals surface area contributed by atoms with Crippen LogP contribution in [0.3, 0.4) is 0 Å². The number of nitrogens with one attached hydrogen (secondary N) is 2. The first-order valence-corrected chi connectivity index (χ1v) is 7.86. The van der Waals surface area contributed by atoms with E-state index in [2.05, 4.69) is 22.5 Å². The van der Waals surface area contributed by atoms with E-state index in [0.717, 1.165) is 26.1 Å². The highest BCUT2D eigenvalue weighted by Crippen LogP contribution is 2.26. The quantitative estimate of drug-likeness (QED) is 0.798. The van der Waals surface area contributed by atoms with E-state index in [1.54, 1.807) is 32.4 Å². The lowest BCUT2D eigenvalue weighted by atomic mass is 9.89. The Morgan fingerprint density at radius 1 is 1.30 bits per heavy atom. The van der Waals surface area contributed by atoms with Gasteiger partial charge in [0, 0.05) is 37.0 Å². The second-order valence-corrected chi connectivity index (χ2v) is 6.56. The van der Waals surface area contributed by atoms with Crippen LogP contribution in [0, 0.1) is 5.41 Å². The van der Waals surface area contributed by atoms with Gasteiger partial charge in [-0.1, -0.05) is 6.92 Å². The molecule has 0 spiro atoms. The molecule has 1 fully saturated rings.